The second-order valence-electron chi connectivity index (χ2n) is 5.96. The molecule has 0 aromatic rings. The van der Waals surface area contributed by atoms with Crippen molar-refractivity contribution in [3.63, 3.8) is 0 Å². The molecule has 1 aliphatic rings. The van der Waals surface area contributed by atoms with Gasteiger partial charge in [0.2, 0.25) is 0 Å². The molecule has 0 saturated carbocycles. The lowest BCUT2D eigenvalue weighted by Gasteiger charge is -2.36. The Hall–Kier alpha value is -1.70. The number of methoxy groups -OCH3 is 1. The Balaban J connectivity index is 3.00. The fourth-order valence-corrected chi connectivity index (χ4v) is 2.50. The summed E-state index contributed by atoms with van der Waals surface area (Å²) in [5.41, 5.74) is -1.59. The predicted octanol–water partition coefficient (Wildman–Crippen LogP) is 2.34. The quantitative estimate of drug-likeness (QED) is 0.588. The van der Waals surface area contributed by atoms with Crippen molar-refractivity contribution in [3.8, 4) is 12.3 Å². The molecule has 1 saturated heterocycles. The minimum atomic E-state index is -0.983. The molecule has 1 aliphatic heterocycles. The third-order valence-electron chi connectivity index (χ3n) is 3.35. The number of hydrogen-bond acceptors (Lipinski definition) is 4. The van der Waals surface area contributed by atoms with Gasteiger partial charge < -0.3 is 9.47 Å². The topological polar surface area (TPSA) is 55.8 Å². The zero-order valence-corrected chi connectivity index (χ0v) is 12.7. The first-order chi connectivity index (χ1) is 9.27. The molecule has 0 bridgehead atoms. The van der Waals surface area contributed by atoms with Crippen LogP contribution >= 0.6 is 0 Å². The third kappa shape index (κ3) is 3.44. The number of ether oxygens (including phenoxy) is 2. The number of terminal acetylenes is 1. The molecule has 0 radical (unpaired) electrons. The maximum Gasteiger partial charge on any atom is 0.411 e. The maximum atomic E-state index is 12.3. The van der Waals surface area contributed by atoms with Gasteiger partial charge in [-0.15, -0.1) is 12.3 Å². The number of amides is 1. The van der Waals surface area contributed by atoms with E-state index in [2.05, 4.69) is 5.92 Å². The molecule has 5 heteroatoms. The molecule has 0 aromatic heterocycles. The van der Waals surface area contributed by atoms with Gasteiger partial charge in [0.15, 0.2) is 0 Å². The van der Waals surface area contributed by atoms with Gasteiger partial charge in [-0.3, -0.25) is 4.90 Å². The number of nitrogens with zero attached hydrogens (tertiary/aromatic N) is 1. The van der Waals surface area contributed by atoms with E-state index in [9.17, 15) is 9.59 Å². The Morgan fingerprint density at radius 2 is 2.05 bits per heavy atom. The van der Waals surface area contributed by atoms with Gasteiger partial charge in [-0.25, -0.2) is 9.59 Å². The summed E-state index contributed by atoms with van der Waals surface area (Å²) >= 11 is 0. The van der Waals surface area contributed by atoms with Gasteiger partial charge in [-0.1, -0.05) is 0 Å². The van der Waals surface area contributed by atoms with Crippen LogP contribution in [0.15, 0.2) is 0 Å². The number of esters is 1. The van der Waals surface area contributed by atoms with E-state index in [1.807, 2.05) is 0 Å². The summed E-state index contributed by atoms with van der Waals surface area (Å²) in [5, 5.41) is 0. The van der Waals surface area contributed by atoms with E-state index in [1.54, 1.807) is 20.8 Å². The average molecular weight is 281 g/mol. The van der Waals surface area contributed by atoms with Crippen LogP contribution in [0.4, 0.5) is 4.79 Å². The molecule has 0 aromatic carbocycles. The second-order valence-corrected chi connectivity index (χ2v) is 5.96. The molecule has 1 atom stereocenters. The van der Waals surface area contributed by atoms with Crippen LogP contribution in [0, 0.1) is 12.3 Å². The summed E-state index contributed by atoms with van der Waals surface area (Å²) in [5.74, 6) is 2.10. The van der Waals surface area contributed by atoms with E-state index < -0.39 is 23.2 Å². The molecule has 0 spiro atoms. The molecular formula is C15H23NO4. The highest BCUT2D eigenvalue weighted by Crippen LogP contribution is 2.36. The number of likely N-dealkylation sites (tertiary alicyclic amines) is 1. The fraction of sp³-hybridized carbons (Fsp3) is 0.733. The van der Waals surface area contributed by atoms with Crippen molar-refractivity contribution in [1.82, 2.24) is 4.90 Å². The van der Waals surface area contributed by atoms with Crippen LogP contribution in [0.5, 0.6) is 0 Å². The van der Waals surface area contributed by atoms with Gasteiger partial charge in [0, 0.05) is 13.0 Å². The van der Waals surface area contributed by atoms with E-state index in [1.165, 1.54) is 12.0 Å². The van der Waals surface area contributed by atoms with Crippen LogP contribution in [0.3, 0.4) is 0 Å². The zero-order valence-electron chi connectivity index (χ0n) is 12.7. The SMILES string of the molecule is C#CCCC1(C(=O)OC)CCCN1C(=O)OC(C)(C)C. The van der Waals surface area contributed by atoms with Crippen molar-refractivity contribution in [2.75, 3.05) is 13.7 Å². The van der Waals surface area contributed by atoms with Crippen LogP contribution in [0.25, 0.3) is 0 Å². The van der Waals surface area contributed by atoms with Gasteiger partial charge in [0.1, 0.15) is 11.1 Å². The summed E-state index contributed by atoms with van der Waals surface area (Å²) in [4.78, 5) is 26.0. The Morgan fingerprint density at radius 3 is 2.55 bits per heavy atom. The van der Waals surface area contributed by atoms with Crippen molar-refractivity contribution in [2.24, 2.45) is 0 Å². The summed E-state index contributed by atoms with van der Waals surface area (Å²) in [6.45, 7) is 5.86. The molecule has 1 unspecified atom stereocenters. The second kappa shape index (κ2) is 6.17. The first-order valence-corrected chi connectivity index (χ1v) is 6.79. The minimum Gasteiger partial charge on any atom is -0.467 e. The van der Waals surface area contributed by atoms with Crippen LogP contribution in [-0.2, 0) is 14.3 Å². The van der Waals surface area contributed by atoms with E-state index in [-0.39, 0.29) is 0 Å². The highest BCUT2D eigenvalue weighted by Gasteiger charge is 2.51. The minimum absolute atomic E-state index is 0.398. The van der Waals surface area contributed by atoms with Gasteiger partial charge in [0.25, 0.3) is 0 Å². The molecular weight excluding hydrogens is 258 g/mol. The van der Waals surface area contributed by atoms with Crippen LogP contribution < -0.4 is 0 Å². The molecule has 1 fully saturated rings. The fourth-order valence-electron chi connectivity index (χ4n) is 2.50. The molecule has 0 N–H and O–H groups in total. The molecule has 0 aliphatic carbocycles. The molecule has 1 rings (SSSR count). The molecule has 1 heterocycles. The number of hydrogen-bond donors (Lipinski definition) is 0. The number of rotatable bonds is 3. The molecule has 20 heavy (non-hydrogen) atoms. The van der Waals surface area contributed by atoms with Crippen molar-refractivity contribution in [3.05, 3.63) is 0 Å². The van der Waals surface area contributed by atoms with E-state index in [0.29, 0.717) is 25.8 Å². The lowest BCUT2D eigenvalue weighted by Crippen LogP contribution is -2.54. The van der Waals surface area contributed by atoms with Gasteiger partial charge >= 0.3 is 12.1 Å². The highest BCUT2D eigenvalue weighted by molar-refractivity contribution is 5.86. The smallest absolute Gasteiger partial charge is 0.411 e. The van der Waals surface area contributed by atoms with Crippen molar-refractivity contribution in [2.45, 2.75) is 57.6 Å². The van der Waals surface area contributed by atoms with Crippen molar-refractivity contribution in [1.29, 1.82) is 0 Å². The van der Waals surface area contributed by atoms with Crippen LogP contribution in [0.1, 0.15) is 46.5 Å². The largest absolute Gasteiger partial charge is 0.467 e. The van der Waals surface area contributed by atoms with Crippen molar-refractivity contribution >= 4 is 12.1 Å². The number of carbonyl (C=O) groups excluding carboxylic acids is 2. The highest BCUT2D eigenvalue weighted by atomic mass is 16.6. The van der Waals surface area contributed by atoms with Gasteiger partial charge in [-0.05, 0) is 40.0 Å². The Bertz CT molecular complexity index is 419. The monoisotopic (exact) mass is 281 g/mol. The Morgan fingerprint density at radius 1 is 1.40 bits per heavy atom. The zero-order chi connectivity index (χ0) is 15.4. The molecule has 112 valence electrons. The van der Waals surface area contributed by atoms with Crippen molar-refractivity contribution < 1.29 is 19.1 Å². The average Bonchev–Trinajstić information content (AvgIpc) is 2.78. The van der Waals surface area contributed by atoms with Crippen LogP contribution in [0.2, 0.25) is 0 Å². The Kier molecular flexibility index (Phi) is 5.04. The first-order valence-electron chi connectivity index (χ1n) is 6.79. The number of carbonyl (C=O) groups is 2. The van der Waals surface area contributed by atoms with E-state index in [0.717, 1.165) is 6.42 Å². The van der Waals surface area contributed by atoms with E-state index >= 15 is 0 Å². The standard InChI is InChI=1S/C15H23NO4/c1-6-7-9-15(12(17)19-5)10-8-11-16(15)13(18)20-14(2,3)4/h1H,7-11H2,2-5H3. The predicted molar refractivity (Wildman–Crippen MR) is 75.0 cm³/mol. The summed E-state index contributed by atoms with van der Waals surface area (Å²) in [6.07, 6.45) is 6.91. The summed E-state index contributed by atoms with van der Waals surface area (Å²) < 4.78 is 10.3. The summed E-state index contributed by atoms with van der Waals surface area (Å²) in [7, 11) is 1.32. The Labute approximate surface area is 120 Å². The van der Waals surface area contributed by atoms with Gasteiger partial charge in [-0.2, -0.15) is 0 Å². The first kappa shape index (κ1) is 16.4. The summed E-state index contributed by atoms with van der Waals surface area (Å²) in [6, 6.07) is 0. The van der Waals surface area contributed by atoms with E-state index in [4.69, 9.17) is 15.9 Å². The normalized spacial score (nSPS) is 22.2. The lowest BCUT2D eigenvalue weighted by atomic mass is 9.90. The molecule has 1 amide bonds. The van der Waals surface area contributed by atoms with Crippen LogP contribution in [-0.4, -0.2) is 41.8 Å². The third-order valence-corrected chi connectivity index (χ3v) is 3.35. The maximum absolute atomic E-state index is 12.3. The molecule has 5 nitrogen and oxygen atoms in total. The lowest BCUT2D eigenvalue weighted by molar-refractivity contribution is -0.153. The van der Waals surface area contributed by atoms with Gasteiger partial charge in [0.05, 0.1) is 7.11 Å².